The van der Waals surface area contributed by atoms with E-state index in [1.165, 1.54) is 0 Å². The highest BCUT2D eigenvalue weighted by molar-refractivity contribution is 4.73. The van der Waals surface area contributed by atoms with Crippen LogP contribution in [0.1, 0.15) is 6.92 Å². The van der Waals surface area contributed by atoms with Crippen molar-refractivity contribution in [2.45, 2.75) is 13.2 Å². The van der Waals surface area contributed by atoms with Gasteiger partial charge in [-0.15, -0.1) is 0 Å². The van der Waals surface area contributed by atoms with Gasteiger partial charge in [-0.25, -0.2) is 0 Å². The van der Waals surface area contributed by atoms with Crippen molar-refractivity contribution in [1.29, 1.82) is 0 Å². The molecule has 3 heteroatoms. The Morgan fingerprint density at radius 2 is 1.60 bits per heavy atom. The van der Waals surface area contributed by atoms with Crippen LogP contribution in [0.15, 0.2) is 0 Å². The SMILES string of the molecule is CC1CN(C)C(N)N(C)C1. The summed E-state index contributed by atoms with van der Waals surface area (Å²) in [5.74, 6) is 0.745. The minimum absolute atomic E-state index is 0.121. The largest absolute Gasteiger partial charge is 0.303 e. The van der Waals surface area contributed by atoms with Crippen molar-refractivity contribution in [3.8, 4) is 0 Å². The van der Waals surface area contributed by atoms with Crippen molar-refractivity contribution in [1.82, 2.24) is 9.80 Å². The molecule has 1 rings (SSSR count). The molecule has 0 spiro atoms. The van der Waals surface area contributed by atoms with Crippen molar-refractivity contribution >= 4 is 0 Å². The molecule has 1 saturated heterocycles. The van der Waals surface area contributed by atoms with Gasteiger partial charge in [0.15, 0.2) is 0 Å². The Kier molecular flexibility index (Phi) is 2.28. The van der Waals surface area contributed by atoms with Crippen LogP contribution in [-0.2, 0) is 0 Å². The Bertz CT molecular complexity index is 103. The molecule has 0 radical (unpaired) electrons. The fourth-order valence-corrected chi connectivity index (χ4v) is 1.59. The third-order valence-corrected chi connectivity index (χ3v) is 2.10. The number of nitrogens with two attached hydrogens (primary N) is 1. The summed E-state index contributed by atoms with van der Waals surface area (Å²) in [6.07, 6.45) is 0.121. The van der Waals surface area contributed by atoms with Gasteiger partial charge in [0, 0.05) is 13.1 Å². The first-order valence-electron chi connectivity index (χ1n) is 3.77. The lowest BCUT2D eigenvalue weighted by Crippen LogP contribution is -2.58. The van der Waals surface area contributed by atoms with Crippen molar-refractivity contribution in [3.05, 3.63) is 0 Å². The Morgan fingerprint density at radius 1 is 1.20 bits per heavy atom. The number of rotatable bonds is 0. The fourth-order valence-electron chi connectivity index (χ4n) is 1.59. The van der Waals surface area contributed by atoms with Crippen LogP contribution >= 0.6 is 0 Å². The van der Waals surface area contributed by atoms with Crippen LogP contribution in [0.2, 0.25) is 0 Å². The van der Waals surface area contributed by atoms with Gasteiger partial charge in [0.1, 0.15) is 6.29 Å². The molecule has 0 aromatic carbocycles. The molecule has 1 aliphatic heterocycles. The van der Waals surface area contributed by atoms with Gasteiger partial charge in [-0.3, -0.25) is 9.80 Å². The van der Waals surface area contributed by atoms with Crippen LogP contribution in [0.4, 0.5) is 0 Å². The van der Waals surface area contributed by atoms with E-state index in [1.807, 2.05) is 0 Å². The molecule has 0 saturated carbocycles. The van der Waals surface area contributed by atoms with E-state index in [0.717, 1.165) is 19.0 Å². The van der Waals surface area contributed by atoms with Gasteiger partial charge >= 0.3 is 0 Å². The monoisotopic (exact) mass is 143 g/mol. The maximum Gasteiger partial charge on any atom is 0.114 e. The van der Waals surface area contributed by atoms with Crippen LogP contribution in [-0.4, -0.2) is 43.3 Å². The second-order valence-electron chi connectivity index (χ2n) is 3.40. The van der Waals surface area contributed by atoms with Gasteiger partial charge in [0.05, 0.1) is 0 Å². The van der Waals surface area contributed by atoms with Crippen LogP contribution in [0, 0.1) is 5.92 Å². The number of hydrogen-bond donors (Lipinski definition) is 1. The third-order valence-electron chi connectivity index (χ3n) is 2.10. The van der Waals surface area contributed by atoms with Gasteiger partial charge in [-0.1, -0.05) is 6.92 Å². The molecule has 0 bridgehead atoms. The Morgan fingerprint density at radius 3 is 2.00 bits per heavy atom. The molecule has 2 N–H and O–H groups in total. The maximum absolute atomic E-state index is 5.84. The first kappa shape index (κ1) is 7.98. The average Bonchev–Trinajstić information content (AvgIpc) is 1.82. The lowest BCUT2D eigenvalue weighted by Gasteiger charge is -2.40. The van der Waals surface area contributed by atoms with Gasteiger partial charge in [-0.05, 0) is 20.0 Å². The molecule has 60 valence electrons. The van der Waals surface area contributed by atoms with Crippen LogP contribution in [0.5, 0.6) is 0 Å². The molecule has 10 heavy (non-hydrogen) atoms. The summed E-state index contributed by atoms with van der Waals surface area (Å²) in [4.78, 5) is 4.35. The van der Waals surface area contributed by atoms with Gasteiger partial charge in [-0.2, -0.15) is 0 Å². The van der Waals surface area contributed by atoms with E-state index in [4.69, 9.17) is 5.73 Å². The molecule has 1 heterocycles. The maximum atomic E-state index is 5.84. The topological polar surface area (TPSA) is 32.5 Å². The molecule has 0 aromatic heterocycles. The predicted octanol–water partition coefficient (Wildman–Crippen LogP) is -0.258. The summed E-state index contributed by atoms with van der Waals surface area (Å²) in [5.41, 5.74) is 5.84. The average molecular weight is 143 g/mol. The molecule has 0 aliphatic carbocycles. The summed E-state index contributed by atoms with van der Waals surface area (Å²) < 4.78 is 0. The molecule has 0 amide bonds. The van der Waals surface area contributed by atoms with Gasteiger partial charge < -0.3 is 5.73 Å². The van der Waals surface area contributed by atoms with E-state index in [-0.39, 0.29) is 6.29 Å². The first-order valence-corrected chi connectivity index (χ1v) is 3.77. The molecule has 0 aromatic rings. The van der Waals surface area contributed by atoms with Crippen molar-refractivity contribution in [2.75, 3.05) is 27.2 Å². The predicted molar refractivity (Wildman–Crippen MR) is 42.4 cm³/mol. The summed E-state index contributed by atoms with van der Waals surface area (Å²) >= 11 is 0. The second kappa shape index (κ2) is 2.86. The molecule has 0 unspecified atom stereocenters. The van der Waals surface area contributed by atoms with E-state index < -0.39 is 0 Å². The van der Waals surface area contributed by atoms with Crippen LogP contribution in [0.3, 0.4) is 0 Å². The zero-order valence-electron chi connectivity index (χ0n) is 7.04. The molecule has 1 aliphatic rings. The standard InChI is InChI=1S/C7H17N3/c1-6-4-9(2)7(8)10(3)5-6/h6-7H,4-5,8H2,1-3H3. The quantitative estimate of drug-likeness (QED) is 0.507. The number of nitrogens with zero attached hydrogens (tertiary/aromatic N) is 2. The van der Waals surface area contributed by atoms with Crippen LogP contribution in [0.25, 0.3) is 0 Å². The van der Waals surface area contributed by atoms with E-state index in [0.29, 0.717) is 0 Å². The molecule has 0 atom stereocenters. The number of hydrogen-bond acceptors (Lipinski definition) is 3. The minimum Gasteiger partial charge on any atom is -0.303 e. The van der Waals surface area contributed by atoms with E-state index >= 15 is 0 Å². The Balaban J connectivity index is 2.49. The van der Waals surface area contributed by atoms with Crippen molar-refractivity contribution < 1.29 is 0 Å². The van der Waals surface area contributed by atoms with Gasteiger partial charge in [0.25, 0.3) is 0 Å². The highest BCUT2D eigenvalue weighted by Gasteiger charge is 2.23. The summed E-state index contributed by atoms with van der Waals surface area (Å²) in [6.45, 7) is 4.48. The molecule has 1 fully saturated rings. The lowest BCUT2D eigenvalue weighted by atomic mass is 10.1. The second-order valence-corrected chi connectivity index (χ2v) is 3.40. The summed E-state index contributed by atoms with van der Waals surface area (Å²) in [5, 5.41) is 0. The van der Waals surface area contributed by atoms with Gasteiger partial charge in [0.2, 0.25) is 0 Å². The van der Waals surface area contributed by atoms with E-state index in [1.54, 1.807) is 0 Å². The van der Waals surface area contributed by atoms with Crippen LogP contribution < -0.4 is 5.73 Å². The Hall–Kier alpha value is -0.120. The highest BCUT2D eigenvalue weighted by atomic mass is 15.4. The van der Waals surface area contributed by atoms with E-state index in [2.05, 4.69) is 30.8 Å². The molecular weight excluding hydrogens is 126 g/mol. The summed E-state index contributed by atoms with van der Waals surface area (Å²) in [7, 11) is 4.13. The molecular formula is C7H17N3. The van der Waals surface area contributed by atoms with Crippen molar-refractivity contribution in [3.63, 3.8) is 0 Å². The first-order chi connectivity index (χ1) is 4.61. The highest BCUT2D eigenvalue weighted by Crippen LogP contribution is 2.10. The summed E-state index contributed by atoms with van der Waals surface area (Å²) in [6, 6.07) is 0. The fraction of sp³-hybridized carbons (Fsp3) is 1.00. The van der Waals surface area contributed by atoms with Crippen molar-refractivity contribution in [2.24, 2.45) is 11.7 Å². The smallest absolute Gasteiger partial charge is 0.114 e. The normalized spacial score (nSPS) is 38.4. The lowest BCUT2D eigenvalue weighted by molar-refractivity contribution is 0.0188. The third kappa shape index (κ3) is 1.48. The molecule has 3 nitrogen and oxygen atoms in total. The Labute approximate surface area is 62.8 Å². The zero-order chi connectivity index (χ0) is 7.72. The minimum atomic E-state index is 0.121. The van der Waals surface area contributed by atoms with E-state index in [9.17, 15) is 0 Å². The zero-order valence-corrected chi connectivity index (χ0v) is 7.04.